The molecule has 0 bridgehead atoms. The number of aliphatic hydroxyl groups is 1. The Labute approximate surface area is 169 Å². The first kappa shape index (κ1) is 19.4. The maximum Gasteiger partial charge on any atom is 0.100 e. The number of aromatic nitrogens is 2. The van der Waals surface area contributed by atoms with Crippen LogP contribution in [0.2, 0.25) is 0 Å². The molecule has 4 heteroatoms. The summed E-state index contributed by atoms with van der Waals surface area (Å²) in [6, 6.07) is 17.7. The molecule has 1 N–H and O–H groups in total. The predicted octanol–water partition coefficient (Wildman–Crippen LogP) is 5.15. The van der Waals surface area contributed by atoms with E-state index in [1.807, 2.05) is 87.0 Å². The van der Waals surface area contributed by atoms with Crippen molar-refractivity contribution in [1.29, 1.82) is 0 Å². The zero-order valence-electron chi connectivity index (χ0n) is 16.0. The van der Waals surface area contributed by atoms with E-state index in [9.17, 15) is 5.11 Å². The number of nitrogens with zero attached hydrogens (tertiary/aromatic N) is 2. The number of aryl methyl sites for hydroxylation is 1. The monoisotopic (exact) mass is 422 g/mol. The van der Waals surface area contributed by atoms with Crippen LogP contribution in [0.25, 0.3) is 5.69 Å². The second-order valence-corrected chi connectivity index (χ2v) is 7.74. The number of hydrogen-bond donors (Lipinski definition) is 1. The van der Waals surface area contributed by atoms with Gasteiger partial charge in [0.15, 0.2) is 0 Å². The molecule has 0 saturated carbocycles. The number of hydrogen-bond acceptors (Lipinski definition) is 2. The Kier molecular flexibility index (Phi) is 5.55. The minimum absolute atomic E-state index is 0.216. The molecular formula is C23H23BrN2O. The van der Waals surface area contributed by atoms with Gasteiger partial charge < -0.3 is 5.11 Å². The minimum Gasteiger partial charge on any atom is -0.384 e. The molecule has 0 aliphatic rings. The van der Waals surface area contributed by atoms with Crippen molar-refractivity contribution in [3.05, 3.63) is 81.6 Å². The molecule has 0 fully saturated rings. The fourth-order valence-corrected chi connectivity index (χ4v) is 3.17. The molecule has 0 radical (unpaired) electrons. The quantitative estimate of drug-likeness (QED) is 0.592. The molecule has 0 aliphatic heterocycles. The maximum atomic E-state index is 11.1. The average molecular weight is 423 g/mol. The predicted molar refractivity (Wildman–Crippen MR) is 113 cm³/mol. The van der Waals surface area contributed by atoms with Gasteiger partial charge in [-0.2, -0.15) is 5.10 Å². The van der Waals surface area contributed by atoms with Gasteiger partial charge in [0.05, 0.1) is 27.5 Å². The van der Waals surface area contributed by atoms with Crippen molar-refractivity contribution in [3.63, 3.8) is 0 Å². The van der Waals surface area contributed by atoms with Crippen LogP contribution in [0.1, 0.15) is 36.4 Å². The van der Waals surface area contributed by atoms with Gasteiger partial charge >= 0.3 is 0 Å². The van der Waals surface area contributed by atoms with Crippen molar-refractivity contribution in [2.24, 2.45) is 5.92 Å². The minimum atomic E-state index is -1.05. The van der Waals surface area contributed by atoms with Crippen LogP contribution in [-0.2, 0) is 5.60 Å². The first-order valence-corrected chi connectivity index (χ1v) is 9.71. The van der Waals surface area contributed by atoms with E-state index in [1.54, 1.807) is 0 Å². The van der Waals surface area contributed by atoms with E-state index < -0.39 is 5.60 Å². The fourth-order valence-electron chi connectivity index (χ4n) is 2.92. The molecular weight excluding hydrogens is 400 g/mol. The Balaban J connectivity index is 1.85. The lowest BCUT2D eigenvalue weighted by Gasteiger charge is -2.27. The van der Waals surface area contributed by atoms with Crippen molar-refractivity contribution in [1.82, 2.24) is 9.78 Å². The van der Waals surface area contributed by atoms with Crippen LogP contribution >= 0.6 is 15.9 Å². The fraction of sp³-hybridized carbons (Fsp3) is 0.261. The van der Waals surface area contributed by atoms with Crippen molar-refractivity contribution in [2.75, 3.05) is 0 Å². The van der Waals surface area contributed by atoms with Crippen LogP contribution in [-0.4, -0.2) is 14.9 Å². The molecule has 0 amide bonds. The number of halogens is 1. The van der Waals surface area contributed by atoms with Gasteiger partial charge in [-0.3, -0.25) is 0 Å². The molecule has 2 atom stereocenters. The number of benzene rings is 2. The zero-order chi connectivity index (χ0) is 19.6. The molecule has 0 spiro atoms. The lowest BCUT2D eigenvalue weighted by molar-refractivity contribution is 0.0240. The van der Waals surface area contributed by atoms with E-state index in [4.69, 9.17) is 0 Å². The van der Waals surface area contributed by atoms with E-state index in [1.165, 1.54) is 0 Å². The summed E-state index contributed by atoms with van der Waals surface area (Å²) in [5.41, 5.74) is 3.70. The largest absolute Gasteiger partial charge is 0.384 e. The summed E-state index contributed by atoms with van der Waals surface area (Å²) < 4.78 is 2.92. The standard InChI is InChI=1S/C23H23BrN2O/c1-16(10-11-19-8-6-5-7-9-19)23(4,27)20-12-14-21(15-13-20)26-18(3)22(24)17(2)25-26/h5-9,12-16,27H,1-4H3/t16-,23+/m0/s1. The second kappa shape index (κ2) is 7.72. The van der Waals surface area contributed by atoms with E-state index >= 15 is 0 Å². The Morgan fingerprint density at radius 2 is 1.70 bits per heavy atom. The van der Waals surface area contributed by atoms with Gasteiger partial charge in [0.1, 0.15) is 5.60 Å². The first-order valence-electron chi connectivity index (χ1n) is 8.92. The Morgan fingerprint density at radius 3 is 2.26 bits per heavy atom. The third-order valence-electron chi connectivity index (χ3n) is 4.95. The Bertz CT molecular complexity index is 993. The topological polar surface area (TPSA) is 38.0 Å². The smallest absolute Gasteiger partial charge is 0.100 e. The zero-order valence-corrected chi connectivity index (χ0v) is 17.6. The van der Waals surface area contributed by atoms with E-state index in [2.05, 4.69) is 32.9 Å². The highest BCUT2D eigenvalue weighted by Crippen LogP contribution is 2.30. The van der Waals surface area contributed by atoms with Crippen molar-refractivity contribution in [2.45, 2.75) is 33.3 Å². The summed E-state index contributed by atoms with van der Waals surface area (Å²) in [6.45, 7) is 7.75. The van der Waals surface area contributed by atoms with Gasteiger partial charge in [0.25, 0.3) is 0 Å². The SMILES string of the molecule is Cc1nn(-c2ccc([C@](C)(O)[C@@H](C)C#Cc3ccccc3)cc2)c(C)c1Br. The van der Waals surface area contributed by atoms with Crippen LogP contribution in [0.4, 0.5) is 0 Å². The van der Waals surface area contributed by atoms with Crippen LogP contribution in [0, 0.1) is 31.6 Å². The first-order chi connectivity index (χ1) is 12.8. The lowest BCUT2D eigenvalue weighted by Crippen LogP contribution is -2.29. The molecule has 3 rings (SSSR count). The molecule has 0 aliphatic carbocycles. The molecule has 0 unspecified atom stereocenters. The summed E-state index contributed by atoms with van der Waals surface area (Å²) in [4.78, 5) is 0. The molecule has 1 heterocycles. The summed E-state index contributed by atoms with van der Waals surface area (Å²) in [6.07, 6.45) is 0. The Hall–Kier alpha value is -2.35. The maximum absolute atomic E-state index is 11.1. The van der Waals surface area contributed by atoms with Gasteiger partial charge in [-0.05, 0) is 73.5 Å². The third kappa shape index (κ3) is 4.00. The van der Waals surface area contributed by atoms with E-state index in [-0.39, 0.29) is 5.92 Å². The van der Waals surface area contributed by atoms with E-state index in [0.29, 0.717) is 0 Å². The van der Waals surface area contributed by atoms with Crippen molar-refractivity contribution < 1.29 is 5.11 Å². The normalized spacial score (nSPS) is 14.1. The summed E-state index contributed by atoms with van der Waals surface area (Å²) in [5.74, 6) is 6.11. The molecule has 138 valence electrons. The van der Waals surface area contributed by atoms with Crippen LogP contribution in [0.5, 0.6) is 0 Å². The van der Waals surface area contributed by atoms with Gasteiger partial charge in [0, 0.05) is 5.56 Å². The molecule has 3 aromatic rings. The number of rotatable bonds is 3. The summed E-state index contributed by atoms with van der Waals surface area (Å²) in [7, 11) is 0. The Morgan fingerprint density at radius 1 is 1.07 bits per heavy atom. The summed E-state index contributed by atoms with van der Waals surface area (Å²) in [5, 5.41) is 15.6. The van der Waals surface area contributed by atoms with Gasteiger partial charge in [-0.1, -0.05) is 42.2 Å². The van der Waals surface area contributed by atoms with Gasteiger partial charge in [-0.15, -0.1) is 0 Å². The van der Waals surface area contributed by atoms with Crippen LogP contribution in [0.15, 0.2) is 59.1 Å². The molecule has 0 saturated heterocycles. The van der Waals surface area contributed by atoms with Crippen molar-refractivity contribution >= 4 is 15.9 Å². The third-order valence-corrected chi connectivity index (χ3v) is 6.10. The highest BCUT2D eigenvalue weighted by atomic mass is 79.9. The molecule has 27 heavy (non-hydrogen) atoms. The highest BCUT2D eigenvalue weighted by Gasteiger charge is 2.29. The van der Waals surface area contributed by atoms with Crippen LogP contribution < -0.4 is 0 Å². The van der Waals surface area contributed by atoms with E-state index in [0.717, 1.165) is 32.7 Å². The second-order valence-electron chi connectivity index (χ2n) is 6.95. The molecule has 3 nitrogen and oxygen atoms in total. The average Bonchev–Trinajstić information content (AvgIpc) is 2.94. The molecule has 1 aromatic heterocycles. The highest BCUT2D eigenvalue weighted by molar-refractivity contribution is 9.10. The summed E-state index contributed by atoms with van der Waals surface area (Å²) >= 11 is 3.56. The van der Waals surface area contributed by atoms with Gasteiger partial charge in [0.2, 0.25) is 0 Å². The lowest BCUT2D eigenvalue weighted by atomic mass is 9.84. The van der Waals surface area contributed by atoms with Crippen LogP contribution in [0.3, 0.4) is 0 Å². The van der Waals surface area contributed by atoms with Crippen molar-refractivity contribution in [3.8, 4) is 17.5 Å². The molecule has 2 aromatic carbocycles. The van der Waals surface area contributed by atoms with Gasteiger partial charge in [-0.25, -0.2) is 4.68 Å².